The van der Waals surface area contributed by atoms with Gasteiger partial charge in [-0.25, -0.2) is 0 Å². The van der Waals surface area contributed by atoms with E-state index in [1.54, 1.807) is 0 Å². The standard InChI is InChI=1S/C11H20N2O3/c1-11(6-3-4-8(11)12)10(15)13-7-5-9(14)16-2/h8H,3-7,12H2,1-2H3,(H,13,15). The third kappa shape index (κ3) is 2.72. The van der Waals surface area contributed by atoms with Crippen LogP contribution in [0.5, 0.6) is 0 Å². The van der Waals surface area contributed by atoms with Crippen molar-refractivity contribution < 1.29 is 14.3 Å². The number of amides is 1. The maximum Gasteiger partial charge on any atom is 0.307 e. The van der Waals surface area contributed by atoms with Crippen molar-refractivity contribution in [1.29, 1.82) is 0 Å². The molecule has 0 heterocycles. The zero-order valence-electron chi connectivity index (χ0n) is 9.91. The number of rotatable bonds is 4. The van der Waals surface area contributed by atoms with E-state index in [1.165, 1.54) is 7.11 Å². The number of nitrogens with two attached hydrogens (primary N) is 1. The number of carbonyl (C=O) groups excluding carboxylic acids is 2. The van der Waals surface area contributed by atoms with Crippen molar-refractivity contribution in [2.24, 2.45) is 11.1 Å². The molecule has 2 atom stereocenters. The number of hydrogen-bond acceptors (Lipinski definition) is 4. The molecular formula is C11H20N2O3. The summed E-state index contributed by atoms with van der Waals surface area (Å²) in [4.78, 5) is 22.8. The van der Waals surface area contributed by atoms with Crippen molar-refractivity contribution in [3.05, 3.63) is 0 Å². The molecule has 92 valence electrons. The second kappa shape index (κ2) is 5.30. The van der Waals surface area contributed by atoms with Crippen LogP contribution in [0.4, 0.5) is 0 Å². The first-order valence-electron chi connectivity index (χ1n) is 5.61. The van der Waals surface area contributed by atoms with E-state index in [9.17, 15) is 9.59 Å². The Kier molecular flexibility index (Phi) is 4.29. The van der Waals surface area contributed by atoms with Crippen LogP contribution in [-0.4, -0.2) is 31.6 Å². The molecule has 5 heteroatoms. The molecule has 1 amide bonds. The second-order valence-electron chi connectivity index (χ2n) is 4.50. The number of hydrogen-bond donors (Lipinski definition) is 2. The zero-order chi connectivity index (χ0) is 12.2. The van der Waals surface area contributed by atoms with Crippen LogP contribution in [0.1, 0.15) is 32.6 Å². The Hall–Kier alpha value is -1.10. The van der Waals surface area contributed by atoms with Gasteiger partial charge in [0, 0.05) is 12.6 Å². The third-order valence-electron chi connectivity index (χ3n) is 3.39. The first-order chi connectivity index (χ1) is 7.50. The van der Waals surface area contributed by atoms with Crippen LogP contribution in [0.25, 0.3) is 0 Å². The third-order valence-corrected chi connectivity index (χ3v) is 3.39. The van der Waals surface area contributed by atoms with Crippen LogP contribution in [-0.2, 0) is 14.3 Å². The van der Waals surface area contributed by atoms with Gasteiger partial charge >= 0.3 is 5.97 Å². The fourth-order valence-corrected chi connectivity index (χ4v) is 2.06. The number of esters is 1. The van der Waals surface area contributed by atoms with Crippen molar-refractivity contribution in [3.8, 4) is 0 Å². The summed E-state index contributed by atoms with van der Waals surface area (Å²) in [6.07, 6.45) is 2.90. The molecule has 0 aromatic rings. The molecule has 0 aromatic carbocycles. The van der Waals surface area contributed by atoms with Gasteiger partial charge in [0.2, 0.25) is 5.91 Å². The van der Waals surface area contributed by atoms with Crippen LogP contribution in [0.15, 0.2) is 0 Å². The Morgan fingerprint density at radius 3 is 2.75 bits per heavy atom. The van der Waals surface area contributed by atoms with E-state index in [1.807, 2.05) is 6.92 Å². The minimum atomic E-state index is -0.476. The average Bonchev–Trinajstić information content (AvgIpc) is 2.60. The van der Waals surface area contributed by atoms with Crippen molar-refractivity contribution in [1.82, 2.24) is 5.32 Å². The van der Waals surface area contributed by atoms with Crippen molar-refractivity contribution in [2.45, 2.75) is 38.6 Å². The van der Waals surface area contributed by atoms with Gasteiger partial charge in [0.15, 0.2) is 0 Å². The van der Waals surface area contributed by atoms with E-state index in [0.717, 1.165) is 19.3 Å². The van der Waals surface area contributed by atoms with Crippen molar-refractivity contribution in [3.63, 3.8) is 0 Å². The summed E-state index contributed by atoms with van der Waals surface area (Å²) in [5.74, 6) is -0.373. The number of nitrogens with one attached hydrogen (secondary N) is 1. The molecule has 0 bridgehead atoms. The normalized spacial score (nSPS) is 28.8. The quantitative estimate of drug-likeness (QED) is 0.673. The minimum absolute atomic E-state index is 0.0543. The maximum absolute atomic E-state index is 11.9. The number of ether oxygens (including phenoxy) is 1. The van der Waals surface area contributed by atoms with Gasteiger partial charge in [-0.05, 0) is 19.8 Å². The molecule has 1 fully saturated rings. The van der Waals surface area contributed by atoms with E-state index >= 15 is 0 Å². The first-order valence-corrected chi connectivity index (χ1v) is 5.61. The fraction of sp³-hybridized carbons (Fsp3) is 0.818. The largest absolute Gasteiger partial charge is 0.469 e. The van der Waals surface area contributed by atoms with Crippen molar-refractivity contribution >= 4 is 11.9 Å². The lowest BCUT2D eigenvalue weighted by Gasteiger charge is -2.27. The molecule has 1 saturated carbocycles. The van der Waals surface area contributed by atoms with E-state index in [4.69, 9.17) is 5.73 Å². The molecule has 3 N–H and O–H groups in total. The predicted octanol–water partition coefficient (Wildman–Crippen LogP) is 0.183. The van der Waals surface area contributed by atoms with Crippen LogP contribution in [0.3, 0.4) is 0 Å². The molecule has 2 unspecified atom stereocenters. The predicted molar refractivity (Wildman–Crippen MR) is 59.6 cm³/mol. The summed E-state index contributed by atoms with van der Waals surface area (Å²) in [6, 6.07) is -0.0781. The van der Waals surface area contributed by atoms with Gasteiger partial charge in [-0.1, -0.05) is 6.42 Å². The highest BCUT2D eigenvalue weighted by atomic mass is 16.5. The molecule has 1 rings (SSSR count). The summed E-state index contributed by atoms with van der Waals surface area (Å²) < 4.78 is 4.49. The smallest absolute Gasteiger partial charge is 0.307 e. The Balaban J connectivity index is 2.37. The van der Waals surface area contributed by atoms with Crippen LogP contribution < -0.4 is 11.1 Å². The molecule has 0 aliphatic heterocycles. The minimum Gasteiger partial charge on any atom is -0.469 e. The Labute approximate surface area is 95.7 Å². The van der Waals surface area contributed by atoms with Crippen LogP contribution in [0.2, 0.25) is 0 Å². The molecule has 1 aliphatic carbocycles. The van der Waals surface area contributed by atoms with E-state index < -0.39 is 5.41 Å². The number of methoxy groups -OCH3 is 1. The summed E-state index contributed by atoms with van der Waals surface area (Å²) in [6.45, 7) is 2.20. The molecule has 0 aromatic heterocycles. The molecule has 5 nitrogen and oxygen atoms in total. The Morgan fingerprint density at radius 1 is 1.56 bits per heavy atom. The lowest BCUT2D eigenvalue weighted by molar-refractivity contribution is -0.140. The molecular weight excluding hydrogens is 208 g/mol. The van der Waals surface area contributed by atoms with Gasteiger partial charge in [0.05, 0.1) is 18.9 Å². The Morgan fingerprint density at radius 2 is 2.25 bits per heavy atom. The summed E-state index contributed by atoms with van der Waals surface area (Å²) >= 11 is 0. The monoisotopic (exact) mass is 228 g/mol. The molecule has 0 spiro atoms. The summed E-state index contributed by atoms with van der Waals surface area (Å²) in [7, 11) is 1.33. The fourth-order valence-electron chi connectivity index (χ4n) is 2.06. The first kappa shape index (κ1) is 13.0. The summed E-state index contributed by atoms with van der Waals surface area (Å²) in [5, 5.41) is 2.74. The molecule has 0 saturated heterocycles. The van der Waals surface area contributed by atoms with E-state index in [0.29, 0.717) is 6.54 Å². The second-order valence-corrected chi connectivity index (χ2v) is 4.50. The van der Waals surface area contributed by atoms with Gasteiger partial charge in [0.1, 0.15) is 0 Å². The highest BCUT2D eigenvalue weighted by molar-refractivity contribution is 5.83. The highest BCUT2D eigenvalue weighted by Crippen LogP contribution is 2.36. The lowest BCUT2D eigenvalue weighted by atomic mass is 9.84. The van der Waals surface area contributed by atoms with Gasteiger partial charge in [0.25, 0.3) is 0 Å². The number of carbonyl (C=O) groups is 2. The van der Waals surface area contributed by atoms with Gasteiger partial charge < -0.3 is 15.8 Å². The van der Waals surface area contributed by atoms with Crippen molar-refractivity contribution in [2.75, 3.05) is 13.7 Å². The molecule has 1 aliphatic rings. The van der Waals surface area contributed by atoms with E-state index in [-0.39, 0.29) is 24.3 Å². The van der Waals surface area contributed by atoms with Crippen LogP contribution in [0, 0.1) is 5.41 Å². The lowest BCUT2D eigenvalue weighted by Crippen LogP contribution is -2.47. The zero-order valence-corrected chi connectivity index (χ0v) is 9.91. The molecule has 0 radical (unpaired) electrons. The van der Waals surface area contributed by atoms with Gasteiger partial charge in [-0.2, -0.15) is 0 Å². The maximum atomic E-state index is 11.9. The Bertz CT molecular complexity index is 280. The van der Waals surface area contributed by atoms with E-state index in [2.05, 4.69) is 10.1 Å². The SMILES string of the molecule is COC(=O)CCNC(=O)C1(C)CCCC1N. The topological polar surface area (TPSA) is 81.4 Å². The van der Waals surface area contributed by atoms with Crippen LogP contribution >= 0.6 is 0 Å². The average molecular weight is 228 g/mol. The van der Waals surface area contributed by atoms with Gasteiger partial charge in [-0.15, -0.1) is 0 Å². The summed E-state index contributed by atoms with van der Waals surface area (Å²) in [5.41, 5.74) is 5.44. The highest BCUT2D eigenvalue weighted by Gasteiger charge is 2.42. The molecule has 16 heavy (non-hydrogen) atoms. The van der Waals surface area contributed by atoms with Gasteiger partial charge in [-0.3, -0.25) is 9.59 Å².